The quantitative estimate of drug-likeness (QED) is 0.913. The molecule has 0 saturated heterocycles. The molecule has 2 aromatic rings. The standard InChI is InChI=1S/C17H20ClNO/c1-10-5-7-14(17(20-4)12(10)3)16(19)13-6-8-15(18)11(2)9-13/h5-9,16H,19H2,1-4H3. The van der Waals surface area contributed by atoms with Crippen LogP contribution in [0.5, 0.6) is 5.75 Å². The molecule has 1 unspecified atom stereocenters. The van der Waals surface area contributed by atoms with Crippen LogP contribution in [0.3, 0.4) is 0 Å². The predicted molar refractivity (Wildman–Crippen MR) is 84.7 cm³/mol. The SMILES string of the molecule is COc1c(C(N)c2ccc(Cl)c(C)c2)ccc(C)c1C. The van der Waals surface area contributed by atoms with Gasteiger partial charge in [0.15, 0.2) is 0 Å². The zero-order chi connectivity index (χ0) is 14.9. The fourth-order valence-electron chi connectivity index (χ4n) is 2.37. The molecule has 0 aromatic heterocycles. The van der Waals surface area contributed by atoms with Crippen molar-refractivity contribution in [1.82, 2.24) is 0 Å². The Labute approximate surface area is 125 Å². The second kappa shape index (κ2) is 5.86. The Balaban J connectivity index is 2.50. The third-order valence-corrected chi connectivity index (χ3v) is 4.21. The van der Waals surface area contributed by atoms with Gasteiger partial charge in [-0.25, -0.2) is 0 Å². The highest BCUT2D eigenvalue weighted by atomic mass is 35.5. The molecule has 0 heterocycles. The summed E-state index contributed by atoms with van der Waals surface area (Å²) in [6.45, 7) is 6.10. The van der Waals surface area contributed by atoms with Crippen molar-refractivity contribution < 1.29 is 4.74 Å². The first-order valence-electron chi connectivity index (χ1n) is 6.61. The van der Waals surface area contributed by atoms with Gasteiger partial charge in [-0.05, 0) is 49.1 Å². The van der Waals surface area contributed by atoms with Crippen LogP contribution in [-0.2, 0) is 0 Å². The van der Waals surface area contributed by atoms with Gasteiger partial charge in [-0.1, -0.05) is 35.9 Å². The largest absolute Gasteiger partial charge is 0.496 e. The van der Waals surface area contributed by atoms with Crippen molar-refractivity contribution in [3.8, 4) is 5.75 Å². The number of nitrogens with two attached hydrogens (primary N) is 1. The first-order valence-corrected chi connectivity index (χ1v) is 6.99. The van der Waals surface area contributed by atoms with E-state index in [9.17, 15) is 0 Å². The van der Waals surface area contributed by atoms with Gasteiger partial charge in [0.25, 0.3) is 0 Å². The van der Waals surface area contributed by atoms with Crippen LogP contribution in [0.25, 0.3) is 0 Å². The summed E-state index contributed by atoms with van der Waals surface area (Å²) in [5.41, 5.74) is 11.8. The van der Waals surface area contributed by atoms with Crippen molar-refractivity contribution in [3.63, 3.8) is 0 Å². The van der Waals surface area contributed by atoms with Gasteiger partial charge >= 0.3 is 0 Å². The first-order chi connectivity index (χ1) is 9.45. The van der Waals surface area contributed by atoms with Crippen molar-refractivity contribution in [2.75, 3.05) is 7.11 Å². The molecule has 2 nitrogen and oxygen atoms in total. The van der Waals surface area contributed by atoms with Crippen molar-refractivity contribution in [2.45, 2.75) is 26.8 Å². The van der Waals surface area contributed by atoms with E-state index in [0.29, 0.717) is 0 Å². The molecule has 1 atom stereocenters. The van der Waals surface area contributed by atoms with Crippen LogP contribution in [0.4, 0.5) is 0 Å². The van der Waals surface area contributed by atoms with Gasteiger partial charge in [-0.3, -0.25) is 0 Å². The summed E-state index contributed by atoms with van der Waals surface area (Å²) in [6, 6.07) is 9.78. The Bertz CT molecular complexity index is 637. The van der Waals surface area contributed by atoms with Gasteiger partial charge in [0, 0.05) is 10.6 Å². The first kappa shape index (κ1) is 14.9. The van der Waals surface area contributed by atoms with Crippen LogP contribution in [0.15, 0.2) is 30.3 Å². The number of ether oxygens (including phenoxy) is 1. The number of rotatable bonds is 3. The maximum atomic E-state index is 6.41. The van der Waals surface area contributed by atoms with Crippen molar-refractivity contribution in [3.05, 3.63) is 63.2 Å². The molecule has 20 heavy (non-hydrogen) atoms. The summed E-state index contributed by atoms with van der Waals surface area (Å²) in [6.07, 6.45) is 0. The highest BCUT2D eigenvalue weighted by Gasteiger charge is 2.17. The molecule has 0 saturated carbocycles. The lowest BCUT2D eigenvalue weighted by molar-refractivity contribution is 0.404. The van der Waals surface area contributed by atoms with Crippen molar-refractivity contribution >= 4 is 11.6 Å². The van der Waals surface area contributed by atoms with Crippen LogP contribution in [-0.4, -0.2) is 7.11 Å². The van der Waals surface area contributed by atoms with Crippen LogP contribution >= 0.6 is 11.6 Å². The maximum Gasteiger partial charge on any atom is 0.127 e. The van der Waals surface area contributed by atoms with E-state index >= 15 is 0 Å². The lowest BCUT2D eigenvalue weighted by atomic mass is 9.94. The average molecular weight is 290 g/mol. The highest BCUT2D eigenvalue weighted by molar-refractivity contribution is 6.31. The minimum Gasteiger partial charge on any atom is -0.496 e. The number of methoxy groups -OCH3 is 1. The fraction of sp³-hybridized carbons (Fsp3) is 0.294. The molecule has 0 bridgehead atoms. The number of halogens is 1. The number of hydrogen-bond donors (Lipinski definition) is 1. The molecule has 0 aliphatic rings. The van der Waals surface area contributed by atoms with Crippen LogP contribution < -0.4 is 10.5 Å². The Hall–Kier alpha value is -1.51. The summed E-state index contributed by atoms with van der Waals surface area (Å²) in [7, 11) is 1.69. The normalized spacial score (nSPS) is 12.3. The van der Waals surface area contributed by atoms with E-state index in [1.54, 1.807) is 7.11 Å². The van der Waals surface area contributed by atoms with Gasteiger partial charge in [0.05, 0.1) is 13.2 Å². The van der Waals surface area contributed by atoms with Gasteiger partial charge in [-0.2, -0.15) is 0 Å². The van der Waals surface area contributed by atoms with Crippen molar-refractivity contribution in [1.29, 1.82) is 0 Å². The van der Waals surface area contributed by atoms with E-state index in [-0.39, 0.29) is 6.04 Å². The Morgan fingerprint density at radius 3 is 2.35 bits per heavy atom. The molecule has 0 aliphatic heterocycles. The van der Waals surface area contributed by atoms with Gasteiger partial charge in [0.1, 0.15) is 5.75 Å². The van der Waals surface area contributed by atoms with E-state index in [2.05, 4.69) is 19.9 Å². The molecule has 0 aliphatic carbocycles. The molecule has 2 N–H and O–H groups in total. The molecular formula is C17H20ClNO. The van der Waals surface area contributed by atoms with E-state index < -0.39 is 0 Å². The minimum absolute atomic E-state index is 0.222. The number of benzene rings is 2. The highest BCUT2D eigenvalue weighted by Crippen LogP contribution is 2.33. The summed E-state index contributed by atoms with van der Waals surface area (Å²) in [4.78, 5) is 0. The molecule has 0 spiro atoms. The Kier molecular flexibility index (Phi) is 4.36. The lowest BCUT2D eigenvalue weighted by Crippen LogP contribution is -2.14. The summed E-state index contributed by atoms with van der Waals surface area (Å²) < 4.78 is 5.55. The Morgan fingerprint density at radius 1 is 1.05 bits per heavy atom. The van der Waals surface area contributed by atoms with Crippen LogP contribution in [0, 0.1) is 20.8 Å². The molecule has 2 rings (SSSR count). The smallest absolute Gasteiger partial charge is 0.127 e. The Morgan fingerprint density at radius 2 is 1.75 bits per heavy atom. The van der Waals surface area contributed by atoms with Gasteiger partial charge in [0.2, 0.25) is 0 Å². The number of hydrogen-bond acceptors (Lipinski definition) is 2. The zero-order valence-electron chi connectivity index (χ0n) is 12.3. The summed E-state index contributed by atoms with van der Waals surface area (Å²) in [5.74, 6) is 0.866. The molecular weight excluding hydrogens is 270 g/mol. The average Bonchev–Trinajstić information content (AvgIpc) is 2.44. The van der Waals surface area contributed by atoms with Crippen molar-refractivity contribution in [2.24, 2.45) is 5.73 Å². The second-order valence-electron chi connectivity index (χ2n) is 5.12. The molecule has 0 fully saturated rings. The molecule has 0 amide bonds. The van der Waals surface area contributed by atoms with Gasteiger partial charge in [-0.15, -0.1) is 0 Å². The maximum absolute atomic E-state index is 6.41. The minimum atomic E-state index is -0.222. The third-order valence-electron chi connectivity index (χ3n) is 3.79. The van der Waals surface area contributed by atoms with Gasteiger partial charge < -0.3 is 10.5 Å². The third kappa shape index (κ3) is 2.67. The summed E-state index contributed by atoms with van der Waals surface area (Å²) in [5, 5.41) is 0.757. The predicted octanol–water partition coefficient (Wildman–Crippen LogP) is 4.32. The molecule has 2 aromatic carbocycles. The lowest BCUT2D eigenvalue weighted by Gasteiger charge is -2.19. The van der Waals surface area contributed by atoms with Crippen LogP contribution in [0.2, 0.25) is 5.02 Å². The van der Waals surface area contributed by atoms with E-state index in [1.165, 1.54) is 5.56 Å². The van der Waals surface area contributed by atoms with E-state index in [0.717, 1.165) is 33.0 Å². The van der Waals surface area contributed by atoms with E-state index in [4.69, 9.17) is 22.1 Å². The fourth-order valence-corrected chi connectivity index (χ4v) is 2.49. The molecule has 106 valence electrons. The topological polar surface area (TPSA) is 35.2 Å². The molecule has 0 radical (unpaired) electrons. The van der Waals surface area contributed by atoms with E-state index in [1.807, 2.05) is 31.2 Å². The molecule has 3 heteroatoms. The van der Waals surface area contributed by atoms with Crippen LogP contribution in [0.1, 0.15) is 33.9 Å². The summed E-state index contributed by atoms with van der Waals surface area (Å²) >= 11 is 6.07. The zero-order valence-corrected chi connectivity index (χ0v) is 13.1. The second-order valence-corrected chi connectivity index (χ2v) is 5.52. The monoisotopic (exact) mass is 289 g/mol. The number of aryl methyl sites for hydroxylation is 2.